The van der Waals surface area contributed by atoms with E-state index in [0.717, 1.165) is 23.0 Å². The number of carbonyl (C=O) groups is 1. The van der Waals surface area contributed by atoms with Crippen molar-refractivity contribution in [1.82, 2.24) is 4.90 Å². The minimum atomic E-state index is -0.0707. The van der Waals surface area contributed by atoms with Gasteiger partial charge in [0, 0.05) is 16.6 Å². The van der Waals surface area contributed by atoms with Crippen molar-refractivity contribution in [2.75, 3.05) is 6.54 Å². The maximum absolute atomic E-state index is 12.9. The van der Waals surface area contributed by atoms with Crippen LogP contribution in [0.15, 0.2) is 56.8 Å². The first-order chi connectivity index (χ1) is 13.0. The molecule has 3 rings (SSSR count). The topological polar surface area (TPSA) is 52.9 Å². The molecule has 2 aromatic carbocycles. The number of benzene rings is 2. The molecule has 1 fully saturated rings. The Labute approximate surface area is 172 Å². The van der Waals surface area contributed by atoms with Crippen LogP contribution in [0.5, 0.6) is 5.75 Å². The maximum atomic E-state index is 12.9. The maximum Gasteiger partial charge on any atom is 0.266 e. The Kier molecular flexibility index (Phi) is 6.39. The number of phenols is 1. The molecule has 140 valence electrons. The lowest BCUT2D eigenvalue weighted by Gasteiger charge is -2.14. The van der Waals surface area contributed by atoms with E-state index in [1.807, 2.05) is 31.2 Å². The highest BCUT2D eigenvalue weighted by Gasteiger charge is 2.33. The van der Waals surface area contributed by atoms with Crippen LogP contribution in [0, 0.1) is 6.92 Å². The number of unbranched alkanes of at least 4 members (excludes halogenated alkanes) is 1. The lowest BCUT2D eigenvalue weighted by atomic mass is 10.2. The predicted molar refractivity (Wildman–Crippen MR) is 116 cm³/mol. The number of nitrogens with zero attached hydrogens (tertiary/aromatic N) is 2. The number of phenolic OH excluding ortho intramolecular Hbond substituents is 1. The molecule has 1 saturated heterocycles. The van der Waals surface area contributed by atoms with E-state index < -0.39 is 0 Å². The zero-order chi connectivity index (χ0) is 19.4. The molecular formula is C21H21BrN2O2S. The SMILES string of the molecule is CCCCN1C(=O)/C(=C\c2cc(Br)ccc2O)SC1=Nc1ccc(C)cc1. The normalized spacial score (nSPS) is 17.3. The van der Waals surface area contributed by atoms with E-state index in [2.05, 4.69) is 27.8 Å². The summed E-state index contributed by atoms with van der Waals surface area (Å²) in [6.07, 6.45) is 3.63. The van der Waals surface area contributed by atoms with E-state index in [-0.39, 0.29) is 11.7 Å². The number of aliphatic imine (C=N–C) groups is 1. The Morgan fingerprint density at radius 3 is 2.67 bits per heavy atom. The van der Waals surface area contributed by atoms with Gasteiger partial charge in [0.15, 0.2) is 5.17 Å². The fourth-order valence-electron chi connectivity index (χ4n) is 2.62. The van der Waals surface area contributed by atoms with Crippen molar-refractivity contribution in [2.24, 2.45) is 4.99 Å². The molecule has 6 heteroatoms. The lowest BCUT2D eigenvalue weighted by Crippen LogP contribution is -2.30. The van der Waals surface area contributed by atoms with Crippen molar-refractivity contribution in [1.29, 1.82) is 0 Å². The Hall–Kier alpha value is -2.05. The van der Waals surface area contributed by atoms with Crippen molar-refractivity contribution in [3.63, 3.8) is 0 Å². The summed E-state index contributed by atoms with van der Waals surface area (Å²) in [6, 6.07) is 13.1. The van der Waals surface area contributed by atoms with Crippen LogP contribution < -0.4 is 0 Å². The van der Waals surface area contributed by atoms with Gasteiger partial charge in [-0.05, 0) is 61.5 Å². The molecule has 0 spiro atoms. The van der Waals surface area contributed by atoms with E-state index in [0.29, 0.717) is 22.2 Å². The van der Waals surface area contributed by atoms with Crippen LogP contribution in [0.1, 0.15) is 30.9 Å². The van der Waals surface area contributed by atoms with Crippen LogP contribution in [-0.4, -0.2) is 27.6 Å². The van der Waals surface area contributed by atoms with Crippen molar-refractivity contribution in [3.05, 3.63) is 63.0 Å². The largest absolute Gasteiger partial charge is 0.507 e. The van der Waals surface area contributed by atoms with Crippen molar-refractivity contribution in [2.45, 2.75) is 26.7 Å². The molecule has 1 amide bonds. The molecule has 0 aromatic heterocycles. The van der Waals surface area contributed by atoms with Crippen LogP contribution in [0.25, 0.3) is 6.08 Å². The highest BCUT2D eigenvalue weighted by molar-refractivity contribution is 9.10. The average Bonchev–Trinajstić information content (AvgIpc) is 2.93. The first-order valence-electron chi connectivity index (χ1n) is 8.83. The number of hydrogen-bond acceptors (Lipinski definition) is 4. The quantitative estimate of drug-likeness (QED) is 0.586. The number of thioether (sulfide) groups is 1. The highest BCUT2D eigenvalue weighted by Crippen LogP contribution is 2.36. The lowest BCUT2D eigenvalue weighted by molar-refractivity contribution is -0.122. The minimum absolute atomic E-state index is 0.0707. The van der Waals surface area contributed by atoms with Gasteiger partial charge in [0.1, 0.15) is 5.75 Å². The van der Waals surface area contributed by atoms with Crippen molar-refractivity contribution < 1.29 is 9.90 Å². The molecule has 2 aromatic rings. The highest BCUT2D eigenvalue weighted by atomic mass is 79.9. The molecular weight excluding hydrogens is 424 g/mol. The van der Waals surface area contributed by atoms with Gasteiger partial charge in [0.2, 0.25) is 0 Å². The molecule has 1 N–H and O–H groups in total. The van der Waals surface area contributed by atoms with Gasteiger partial charge in [-0.1, -0.05) is 47.0 Å². The Bertz CT molecular complexity index is 907. The van der Waals surface area contributed by atoms with E-state index in [1.54, 1.807) is 29.2 Å². The van der Waals surface area contributed by atoms with Crippen molar-refractivity contribution in [3.8, 4) is 5.75 Å². The molecule has 27 heavy (non-hydrogen) atoms. The number of carbonyl (C=O) groups excluding carboxylic acids is 1. The van der Waals surface area contributed by atoms with Gasteiger partial charge in [-0.25, -0.2) is 4.99 Å². The fraction of sp³-hybridized carbons (Fsp3) is 0.238. The van der Waals surface area contributed by atoms with Crippen LogP contribution >= 0.6 is 27.7 Å². The Morgan fingerprint density at radius 2 is 1.96 bits per heavy atom. The second kappa shape index (κ2) is 8.76. The number of amidine groups is 1. The van der Waals surface area contributed by atoms with Gasteiger partial charge in [0.05, 0.1) is 10.6 Å². The second-order valence-corrected chi connectivity index (χ2v) is 8.28. The Morgan fingerprint density at radius 1 is 1.22 bits per heavy atom. The standard InChI is InChI=1S/C21H21BrN2O2S/c1-3-4-11-24-20(26)19(13-15-12-16(22)7-10-18(15)25)27-21(24)23-17-8-5-14(2)6-9-17/h5-10,12-13,25H,3-4,11H2,1-2H3/b19-13+,23-21?. The number of rotatable bonds is 5. The minimum Gasteiger partial charge on any atom is -0.507 e. The van der Waals surface area contributed by atoms with Gasteiger partial charge in [-0.3, -0.25) is 9.69 Å². The molecule has 1 aliphatic heterocycles. The summed E-state index contributed by atoms with van der Waals surface area (Å²) < 4.78 is 0.846. The average molecular weight is 445 g/mol. The van der Waals surface area contributed by atoms with Gasteiger partial charge >= 0.3 is 0 Å². The van der Waals surface area contributed by atoms with Gasteiger partial charge in [0.25, 0.3) is 5.91 Å². The summed E-state index contributed by atoms with van der Waals surface area (Å²) >= 11 is 4.75. The monoisotopic (exact) mass is 444 g/mol. The van der Waals surface area contributed by atoms with E-state index >= 15 is 0 Å². The van der Waals surface area contributed by atoms with Crippen LogP contribution in [0.3, 0.4) is 0 Å². The van der Waals surface area contributed by atoms with E-state index in [4.69, 9.17) is 0 Å². The fourth-order valence-corrected chi connectivity index (χ4v) is 4.01. The molecule has 0 aliphatic carbocycles. The molecule has 0 saturated carbocycles. The number of aryl methyl sites for hydroxylation is 1. The summed E-state index contributed by atoms with van der Waals surface area (Å²) in [7, 11) is 0. The van der Waals surface area contributed by atoms with Crippen LogP contribution in [0.2, 0.25) is 0 Å². The van der Waals surface area contributed by atoms with E-state index in [1.165, 1.54) is 17.3 Å². The summed E-state index contributed by atoms with van der Waals surface area (Å²) in [6.45, 7) is 4.76. The zero-order valence-electron chi connectivity index (χ0n) is 15.3. The summed E-state index contributed by atoms with van der Waals surface area (Å²) in [5.74, 6) is 0.0711. The zero-order valence-corrected chi connectivity index (χ0v) is 17.7. The second-order valence-electron chi connectivity index (χ2n) is 6.35. The Balaban J connectivity index is 1.96. The molecule has 4 nitrogen and oxygen atoms in total. The first kappa shape index (κ1) is 19.7. The first-order valence-corrected chi connectivity index (χ1v) is 10.4. The summed E-state index contributed by atoms with van der Waals surface area (Å²) in [4.78, 5) is 19.9. The number of halogens is 1. The third-order valence-electron chi connectivity index (χ3n) is 4.16. The molecule has 0 atom stereocenters. The smallest absolute Gasteiger partial charge is 0.266 e. The molecule has 1 heterocycles. The predicted octanol–water partition coefficient (Wildman–Crippen LogP) is 5.87. The summed E-state index contributed by atoms with van der Waals surface area (Å²) in [5.41, 5.74) is 2.60. The van der Waals surface area contributed by atoms with E-state index in [9.17, 15) is 9.90 Å². The van der Waals surface area contributed by atoms with Crippen LogP contribution in [-0.2, 0) is 4.79 Å². The number of hydrogen-bond donors (Lipinski definition) is 1. The van der Waals surface area contributed by atoms with Gasteiger partial charge in [-0.2, -0.15) is 0 Å². The van der Waals surface area contributed by atoms with Crippen LogP contribution in [0.4, 0.5) is 5.69 Å². The third kappa shape index (κ3) is 4.82. The third-order valence-corrected chi connectivity index (χ3v) is 5.66. The molecule has 0 radical (unpaired) electrons. The summed E-state index contributed by atoms with van der Waals surface area (Å²) in [5, 5.41) is 10.8. The molecule has 0 bridgehead atoms. The number of aromatic hydroxyl groups is 1. The number of amides is 1. The van der Waals surface area contributed by atoms with Gasteiger partial charge in [-0.15, -0.1) is 0 Å². The van der Waals surface area contributed by atoms with Gasteiger partial charge < -0.3 is 5.11 Å². The molecule has 1 aliphatic rings. The molecule has 0 unspecified atom stereocenters. The van der Waals surface area contributed by atoms with Crippen molar-refractivity contribution >= 4 is 50.5 Å².